The largest absolute Gasteiger partial charge is 0.440 e. The van der Waals surface area contributed by atoms with Crippen LogP contribution in [0.15, 0.2) is 74.3 Å². The molecule has 0 amide bonds. The molecule has 4 nitrogen and oxygen atoms in total. The first-order valence-electron chi connectivity index (χ1n) is 8.23. The normalized spacial score (nSPS) is 11.0. The van der Waals surface area contributed by atoms with Crippen LogP contribution in [0.4, 0.5) is 5.88 Å². The molecule has 0 aliphatic rings. The number of nitrogens with one attached hydrogen (secondary N) is 1. The Morgan fingerprint density at radius 3 is 2.58 bits per heavy atom. The summed E-state index contributed by atoms with van der Waals surface area (Å²) in [5, 5.41) is 4.29. The maximum Gasteiger partial charge on any atom is 0.347 e. The summed E-state index contributed by atoms with van der Waals surface area (Å²) in [4.78, 5) is 12.5. The Balaban J connectivity index is 1.87. The molecular weight excluding hydrogens is 350 g/mol. The number of halogens is 1. The van der Waals surface area contributed by atoms with Gasteiger partial charge in [-0.1, -0.05) is 54.1 Å². The average Bonchev–Trinajstić information content (AvgIpc) is 2.99. The molecule has 0 unspecified atom stereocenters. The number of rotatable bonds is 4. The second kappa shape index (κ2) is 6.73. The van der Waals surface area contributed by atoms with Crippen molar-refractivity contribution in [3.8, 4) is 11.1 Å². The molecule has 26 heavy (non-hydrogen) atoms. The van der Waals surface area contributed by atoms with Crippen molar-refractivity contribution in [2.45, 2.75) is 13.5 Å². The first-order chi connectivity index (χ1) is 12.6. The quantitative estimate of drug-likeness (QED) is 0.509. The number of aryl methyl sites for hydroxylation is 1. The zero-order valence-corrected chi connectivity index (χ0v) is 14.8. The van der Waals surface area contributed by atoms with Gasteiger partial charge in [0.05, 0.1) is 5.56 Å². The highest BCUT2D eigenvalue weighted by atomic mass is 35.5. The Morgan fingerprint density at radius 1 is 1.00 bits per heavy atom. The molecule has 0 saturated heterocycles. The van der Waals surface area contributed by atoms with Crippen LogP contribution in [0.2, 0.25) is 5.02 Å². The van der Waals surface area contributed by atoms with Gasteiger partial charge in [0.25, 0.3) is 0 Å². The van der Waals surface area contributed by atoms with Gasteiger partial charge in [0.1, 0.15) is 16.7 Å². The van der Waals surface area contributed by atoms with Crippen LogP contribution < -0.4 is 10.9 Å². The van der Waals surface area contributed by atoms with Crippen LogP contribution in [-0.4, -0.2) is 0 Å². The minimum atomic E-state index is -0.425. The van der Waals surface area contributed by atoms with E-state index in [0.717, 1.165) is 11.1 Å². The van der Waals surface area contributed by atoms with E-state index in [4.69, 9.17) is 20.4 Å². The molecule has 1 N–H and O–H groups in total. The number of fused-ring (bicyclic) bond motifs is 1. The molecule has 0 radical (unpaired) electrons. The molecule has 4 rings (SSSR count). The van der Waals surface area contributed by atoms with Gasteiger partial charge in [0.2, 0.25) is 5.88 Å². The van der Waals surface area contributed by atoms with E-state index in [1.165, 1.54) is 0 Å². The maximum atomic E-state index is 12.5. The van der Waals surface area contributed by atoms with Crippen molar-refractivity contribution >= 4 is 28.5 Å². The summed E-state index contributed by atoms with van der Waals surface area (Å²) in [6, 6.07) is 19.0. The van der Waals surface area contributed by atoms with Gasteiger partial charge < -0.3 is 14.2 Å². The minimum Gasteiger partial charge on any atom is -0.440 e. The number of benzene rings is 2. The summed E-state index contributed by atoms with van der Waals surface area (Å²) in [5.74, 6) is 1.02. The highest BCUT2D eigenvalue weighted by Gasteiger charge is 2.20. The Morgan fingerprint density at radius 2 is 1.81 bits per heavy atom. The molecule has 5 heteroatoms. The zero-order chi connectivity index (χ0) is 18.1. The van der Waals surface area contributed by atoms with Crippen LogP contribution in [-0.2, 0) is 6.54 Å². The Bertz CT molecular complexity index is 1130. The first-order valence-corrected chi connectivity index (χ1v) is 8.60. The van der Waals surface area contributed by atoms with Gasteiger partial charge in [0.15, 0.2) is 0 Å². The van der Waals surface area contributed by atoms with Gasteiger partial charge in [-0.25, -0.2) is 4.79 Å². The molecule has 4 aromatic rings. The Hall–Kier alpha value is -2.98. The van der Waals surface area contributed by atoms with E-state index in [-0.39, 0.29) is 0 Å². The zero-order valence-electron chi connectivity index (χ0n) is 14.1. The van der Waals surface area contributed by atoms with Gasteiger partial charge in [0, 0.05) is 17.6 Å². The molecule has 0 bridgehead atoms. The summed E-state index contributed by atoms with van der Waals surface area (Å²) in [6.07, 6.45) is 0. The molecule has 2 aromatic carbocycles. The monoisotopic (exact) mass is 365 g/mol. The lowest BCUT2D eigenvalue weighted by atomic mass is 10.0. The van der Waals surface area contributed by atoms with Crippen LogP contribution in [0, 0.1) is 6.92 Å². The highest BCUT2D eigenvalue weighted by Crippen LogP contribution is 2.38. The van der Waals surface area contributed by atoms with Crippen molar-refractivity contribution in [3.05, 3.63) is 87.4 Å². The molecule has 0 aliphatic carbocycles. The van der Waals surface area contributed by atoms with Gasteiger partial charge in [-0.2, -0.15) is 0 Å². The predicted octanol–water partition coefficient (Wildman–Crippen LogP) is 5.63. The van der Waals surface area contributed by atoms with Crippen LogP contribution >= 0.6 is 11.6 Å². The molecule has 0 atom stereocenters. The molecule has 0 saturated carbocycles. The topological polar surface area (TPSA) is 55.4 Å². The van der Waals surface area contributed by atoms with E-state index in [2.05, 4.69) is 5.32 Å². The second-order valence-electron chi connectivity index (χ2n) is 6.04. The predicted molar refractivity (Wildman–Crippen MR) is 104 cm³/mol. The smallest absolute Gasteiger partial charge is 0.347 e. The highest BCUT2D eigenvalue weighted by molar-refractivity contribution is 6.31. The molecule has 2 aromatic heterocycles. The third-order valence-corrected chi connectivity index (χ3v) is 4.37. The Labute approximate surface area is 155 Å². The van der Waals surface area contributed by atoms with Crippen LogP contribution in [0.3, 0.4) is 0 Å². The van der Waals surface area contributed by atoms with E-state index in [1.807, 2.05) is 42.5 Å². The Kier molecular flexibility index (Phi) is 4.27. The SMILES string of the molecule is Cc1cc2oc(NCc3ccccc3)c(-c3cccc(Cl)c3)c2c(=O)o1. The lowest BCUT2D eigenvalue weighted by Gasteiger charge is -2.07. The standard InChI is InChI=1S/C21H16ClNO3/c1-13-10-17-19(21(24)25-13)18(15-8-5-9-16(22)11-15)20(26-17)23-12-14-6-3-2-4-7-14/h2-11,23H,12H2,1H3. The molecule has 2 heterocycles. The van der Waals surface area contributed by atoms with Crippen molar-refractivity contribution < 1.29 is 8.83 Å². The minimum absolute atomic E-state index is 0.411. The van der Waals surface area contributed by atoms with Crippen molar-refractivity contribution in [1.82, 2.24) is 0 Å². The number of hydrogen-bond donors (Lipinski definition) is 1. The number of hydrogen-bond acceptors (Lipinski definition) is 4. The van der Waals surface area contributed by atoms with Crippen molar-refractivity contribution in [3.63, 3.8) is 0 Å². The number of furan rings is 1. The fourth-order valence-electron chi connectivity index (χ4n) is 2.99. The van der Waals surface area contributed by atoms with Crippen LogP contribution in [0.5, 0.6) is 0 Å². The summed E-state index contributed by atoms with van der Waals surface area (Å²) in [6.45, 7) is 2.29. The van der Waals surface area contributed by atoms with Crippen LogP contribution in [0.25, 0.3) is 22.1 Å². The van der Waals surface area contributed by atoms with E-state index < -0.39 is 5.63 Å². The molecule has 0 aliphatic heterocycles. The van der Waals surface area contributed by atoms with E-state index in [9.17, 15) is 4.79 Å². The van der Waals surface area contributed by atoms with E-state index in [0.29, 0.717) is 39.7 Å². The maximum absolute atomic E-state index is 12.5. The van der Waals surface area contributed by atoms with Crippen molar-refractivity contribution in [1.29, 1.82) is 0 Å². The summed E-state index contributed by atoms with van der Waals surface area (Å²) in [5.41, 5.74) is 2.62. The molecule has 0 spiro atoms. The third kappa shape index (κ3) is 3.11. The van der Waals surface area contributed by atoms with E-state index in [1.54, 1.807) is 25.1 Å². The van der Waals surface area contributed by atoms with Crippen LogP contribution in [0.1, 0.15) is 11.3 Å². The van der Waals surface area contributed by atoms with Gasteiger partial charge in [-0.3, -0.25) is 0 Å². The fourth-order valence-corrected chi connectivity index (χ4v) is 3.18. The summed E-state index contributed by atoms with van der Waals surface area (Å²) in [7, 11) is 0. The number of anilines is 1. The molecular formula is C21H16ClNO3. The lowest BCUT2D eigenvalue weighted by Crippen LogP contribution is -2.02. The fraction of sp³-hybridized carbons (Fsp3) is 0.0952. The van der Waals surface area contributed by atoms with Gasteiger partial charge in [-0.05, 0) is 30.2 Å². The van der Waals surface area contributed by atoms with E-state index >= 15 is 0 Å². The van der Waals surface area contributed by atoms with Gasteiger partial charge >= 0.3 is 5.63 Å². The first kappa shape index (κ1) is 16.5. The molecule has 130 valence electrons. The summed E-state index contributed by atoms with van der Waals surface area (Å²) >= 11 is 6.15. The second-order valence-corrected chi connectivity index (χ2v) is 6.48. The average molecular weight is 366 g/mol. The van der Waals surface area contributed by atoms with Crippen molar-refractivity contribution in [2.24, 2.45) is 0 Å². The van der Waals surface area contributed by atoms with Crippen molar-refractivity contribution in [2.75, 3.05) is 5.32 Å². The third-order valence-electron chi connectivity index (χ3n) is 4.14. The molecule has 0 fully saturated rings. The lowest BCUT2D eigenvalue weighted by molar-refractivity contribution is 0.485. The van der Waals surface area contributed by atoms with Gasteiger partial charge in [-0.15, -0.1) is 0 Å². The summed E-state index contributed by atoms with van der Waals surface area (Å²) < 4.78 is 11.2.